The standard InChI is InChI=1S/C28H28N4O2/c33-28(29-25-13-11-23(12-14-25)19-31-15-17-34-18-16-31)26-21-32(20-22-7-3-1-4-8-22)30-27(26)24-9-5-2-6-10-24/h1-14,21H,15-20H2,(H,29,33). The Bertz CT molecular complexity index is 1210. The summed E-state index contributed by atoms with van der Waals surface area (Å²) in [6, 6.07) is 28.0. The van der Waals surface area contributed by atoms with Crippen LogP contribution in [-0.2, 0) is 17.8 Å². The van der Waals surface area contributed by atoms with E-state index in [1.165, 1.54) is 5.56 Å². The zero-order chi connectivity index (χ0) is 23.2. The summed E-state index contributed by atoms with van der Waals surface area (Å²) < 4.78 is 7.25. The molecule has 1 amide bonds. The molecule has 1 aromatic heterocycles. The van der Waals surface area contributed by atoms with Crippen LogP contribution in [-0.4, -0.2) is 46.9 Å². The molecule has 1 fully saturated rings. The Morgan fingerprint density at radius 3 is 2.18 bits per heavy atom. The van der Waals surface area contributed by atoms with Crippen LogP contribution < -0.4 is 5.32 Å². The minimum Gasteiger partial charge on any atom is -0.379 e. The van der Waals surface area contributed by atoms with E-state index < -0.39 is 0 Å². The van der Waals surface area contributed by atoms with E-state index >= 15 is 0 Å². The zero-order valence-corrected chi connectivity index (χ0v) is 19.1. The number of benzene rings is 3. The van der Waals surface area contributed by atoms with Gasteiger partial charge in [0, 0.05) is 37.1 Å². The first kappa shape index (κ1) is 22.1. The SMILES string of the molecule is O=C(Nc1ccc(CN2CCOCC2)cc1)c1cn(Cc2ccccc2)nc1-c1ccccc1. The second-order valence-electron chi connectivity index (χ2n) is 8.48. The van der Waals surface area contributed by atoms with E-state index in [9.17, 15) is 4.79 Å². The van der Waals surface area contributed by atoms with Crippen molar-refractivity contribution in [2.75, 3.05) is 31.6 Å². The molecule has 4 aromatic rings. The maximum Gasteiger partial charge on any atom is 0.259 e. The van der Waals surface area contributed by atoms with Crippen molar-refractivity contribution in [2.45, 2.75) is 13.1 Å². The molecule has 0 spiro atoms. The predicted molar refractivity (Wildman–Crippen MR) is 134 cm³/mol. The lowest BCUT2D eigenvalue weighted by Gasteiger charge is -2.26. The second-order valence-corrected chi connectivity index (χ2v) is 8.48. The van der Waals surface area contributed by atoms with Crippen LogP contribution in [0.3, 0.4) is 0 Å². The summed E-state index contributed by atoms with van der Waals surface area (Å²) in [6.07, 6.45) is 1.83. The van der Waals surface area contributed by atoms with Gasteiger partial charge < -0.3 is 10.1 Å². The molecule has 0 radical (unpaired) electrons. The summed E-state index contributed by atoms with van der Waals surface area (Å²) in [5, 5.41) is 7.81. The number of nitrogens with zero attached hydrogens (tertiary/aromatic N) is 3. The molecule has 0 aliphatic carbocycles. The topological polar surface area (TPSA) is 59.4 Å². The fraction of sp³-hybridized carbons (Fsp3) is 0.214. The molecule has 5 rings (SSSR count). The van der Waals surface area contributed by atoms with Crippen LogP contribution in [0.5, 0.6) is 0 Å². The Morgan fingerprint density at radius 1 is 0.824 bits per heavy atom. The second kappa shape index (κ2) is 10.5. The molecule has 0 bridgehead atoms. The number of ether oxygens (including phenoxy) is 1. The van der Waals surface area contributed by atoms with Gasteiger partial charge in [-0.1, -0.05) is 72.8 Å². The van der Waals surface area contributed by atoms with Crippen molar-refractivity contribution in [3.05, 3.63) is 108 Å². The Balaban J connectivity index is 1.34. The highest BCUT2D eigenvalue weighted by Crippen LogP contribution is 2.24. The number of carbonyl (C=O) groups is 1. The van der Waals surface area contributed by atoms with E-state index in [2.05, 4.69) is 34.5 Å². The van der Waals surface area contributed by atoms with Crippen molar-refractivity contribution in [1.82, 2.24) is 14.7 Å². The first-order valence-corrected chi connectivity index (χ1v) is 11.6. The van der Waals surface area contributed by atoms with Crippen molar-refractivity contribution in [1.29, 1.82) is 0 Å². The van der Waals surface area contributed by atoms with Crippen molar-refractivity contribution in [2.24, 2.45) is 0 Å². The third kappa shape index (κ3) is 5.42. The number of rotatable bonds is 7. The van der Waals surface area contributed by atoms with E-state index in [4.69, 9.17) is 9.84 Å². The van der Waals surface area contributed by atoms with Crippen molar-refractivity contribution >= 4 is 11.6 Å². The number of nitrogens with one attached hydrogen (secondary N) is 1. The van der Waals surface area contributed by atoms with Crippen LogP contribution in [0.1, 0.15) is 21.5 Å². The Labute approximate surface area is 199 Å². The summed E-state index contributed by atoms with van der Waals surface area (Å²) >= 11 is 0. The third-order valence-electron chi connectivity index (χ3n) is 5.96. The number of amides is 1. The quantitative estimate of drug-likeness (QED) is 0.442. The highest BCUT2D eigenvalue weighted by atomic mass is 16.5. The average Bonchev–Trinajstić information content (AvgIpc) is 3.31. The smallest absolute Gasteiger partial charge is 0.259 e. The van der Waals surface area contributed by atoms with E-state index in [1.807, 2.05) is 71.5 Å². The molecule has 0 saturated carbocycles. The molecular formula is C28H28N4O2. The Kier molecular flexibility index (Phi) is 6.79. The van der Waals surface area contributed by atoms with E-state index in [0.29, 0.717) is 17.8 Å². The molecule has 0 atom stereocenters. The van der Waals surface area contributed by atoms with Gasteiger partial charge in [0.05, 0.1) is 25.3 Å². The minimum atomic E-state index is -0.168. The molecule has 1 N–H and O–H groups in total. The molecule has 6 nitrogen and oxygen atoms in total. The predicted octanol–water partition coefficient (Wildman–Crippen LogP) is 4.68. The van der Waals surface area contributed by atoms with Crippen molar-refractivity contribution in [3.63, 3.8) is 0 Å². The molecule has 1 saturated heterocycles. The summed E-state index contributed by atoms with van der Waals surface area (Å²) in [6.45, 7) is 4.97. The maximum absolute atomic E-state index is 13.3. The first-order chi connectivity index (χ1) is 16.7. The maximum atomic E-state index is 13.3. The average molecular weight is 453 g/mol. The van der Waals surface area contributed by atoms with Gasteiger partial charge in [-0.15, -0.1) is 0 Å². The fourth-order valence-corrected chi connectivity index (χ4v) is 4.16. The van der Waals surface area contributed by atoms with Crippen LogP contribution in [0.4, 0.5) is 5.69 Å². The van der Waals surface area contributed by atoms with E-state index in [-0.39, 0.29) is 5.91 Å². The monoisotopic (exact) mass is 452 g/mol. The molecule has 0 unspecified atom stereocenters. The lowest BCUT2D eigenvalue weighted by atomic mass is 10.1. The summed E-state index contributed by atoms with van der Waals surface area (Å²) in [7, 11) is 0. The Hall–Kier alpha value is -3.74. The molecule has 2 heterocycles. The normalized spacial score (nSPS) is 14.1. The van der Waals surface area contributed by atoms with Gasteiger partial charge in [-0.3, -0.25) is 14.4 Å². The van der Waals surface area contributed by atoms with Crippen molar-refractivity contribution in [3.8, 4) is 11.3 Å². The van der Waals surface area contributed by atoms with Crippen LogP contribution in [0, 0.1) is 0 Å². The van der Waals surface area contributed by atoms with Crippen LogP contribution >= 0.6 is 0 Å². The molecule has 1 aliphatic rings. The molecule has 172 valence electrons. The molecule has 34 heavy (non-hydrogen) atoms. The number of hydrogen-bond donors (Lipinski definition) is 1. The highest BCUT2D eigenvalue weighted by molar-refractivity contribution is 6.08. The number of hydrogen-bond acceptors (Lipinski definition) is 4. The van der Waals surface area contributed by atoms with Crippen molar-refractivity contribution < 1.29 is 9.53 Å². The summed E-state index contributed by atoms with van der Waals surface area (Å²) in [5.41, 5.74) is 5.27. The van der Waals surface area contributed by atoms with Gasteiger partial charge in [-0.2, -0.15) is 5.10 Å². The van der Waals surface area contributed by atoms with E-state index in [0.717, 1.165) is 49.7 Å². The van der Waals surface area contributed by atoms with Gasteiger partial charge >= 0.3 is 0 Å². The van der Waals surface area contributed by atoms with E-state index in [1.54, 1.807) is 0 Å². The van der Waals surface area contributed by atoms with Gasteiger partial charge in [-0.25, -0.2) is 0 Å². The first-order valence-electron chi connectivity index (χ1n) is 11.6. The summed E-state index contributed by atoms with van der Waals surface area (Å²) in [5.74, 6) is -0.168. The van der Waals surface area contributed by atoms with Gasteiger partial charge in [0.15, 0.2) is 0 Å². The lowest BCUT2D eigenvalue weighted by Crippen LogP contribution is -2.35. The largest absolute Gasteiger partial charge is 0.379 e. The number of anilines is 1. The third-order valence-corrected chi connectivity index (χ3v) is 5.96. The fourth-order valence-electron chi connectivity index (χ4n) is 4.16. The van der Waals surface area contributed by atoms with Gasteiger partial charge in [0.2, 0.25) is 0 Å². The summed E-state index contributed by atoms with van der Waals surface area (Å²) in [4.78, 5) is 15.7. The van der Waals surface area contributed by atoms with Crippen LogP contribution in [0.2, 0.25) is 0 Å². The lowest BCUT2D eigenvalue weighted by molar-refractivity contribution is 0.0342. The Morgan fingerprint density at radius 2 is 1.47 bits per heavy atom. The molecule has 3 aromatic carbocycles. The number of aromatic nitrogens is 2. The van der Waals surface area contributed by atoms with Gasteiger partial charge in [0.1, 0.15) is 5.69 Å². The van der Waals surface area contributed by atoms with Crippen LogP contribution in [0.25, 0.3) is 11.3 Å². The highest BCUT2D eigenvalue weighted by Gasteiger charge is 2.18. The van der Waals surface area contributed by atoms with Gasteiger partial charge in [0.25, 0.3) is 5.91 Å². The molecule has 1 aliphatic heterocycles. The van der Waals surface area contributed by atoms with Crippen LogP contribution in [0.15, 0.2) is 91.1 Å². The molecular weight excluding hydrogens is 424 g/mol. The zero-order valence-electron chi connectivity index (χ0n) is 19.1. The number of carbonyl (C=O) groups excluding carboxylic acids is 1. The molecule has 6 heteroatoms. The minimum absolute atomic E-state index is 0.168. The number of morpholine rings is 1. The van der Waals surface area contributed by atoms with Gasteiger partial charge in [-0.05, 0) is 23.3 Å².